The lowest BCUT2D eigenvalue weighted by molar-refractivity contribution is -0.131. The third-order valence-electron chi connectivity index (χ3n) is 3.93. The fourth-order valence-electron chi connectivity index (χ4n) is 2.69. The maximum Gasteiger partial charge on any atom is 0.325 e. The Kier molecular flexibility index (Phi) is 4.45. The standard InChI is InChI=1S/C15H17FN2O4S/c16-11-3-1-2-4-12(11)22-8-10(19)7-18-13(20)15(17-14(18)21)5-6-23-9-15/h1-4,10,19H,5-9H2,(H,17,21)/t10-,15-/m1/s1. The molecule has 23 heavy (non-hydrogen) atoms. The Balaban J connectivity index is 1.57. The van der Waals surface area contributed by atoms with Gasteiger partial charge in [0, 0.05) is 5.75 Å². The van der Waals surface area contributed by atoms with Gasteiger partial charge in [-0.05, 0) is 24.3 Å². The van der Waals surface area contributed by atoms with Crippen molar-refractivity contribution < 1.29 is 23.8 Å². The van der Waals surface area contributed by atoms with Crippen LogP contribution >= 0.6 is 11.8 Å². The zero-order chi connectivity index (χ0) is 16.4. The lowest BCUT2D eigenvalue weighted by Crippen LogP contribution is -2.47. The molecule has 2 N–H and O–H groups in total. The van der Waals surface area contributed by atoms with E-state index in [0.717, 1.165) is 10.7 Å². The van der Waals surface area contributed by atoms with Gasteiger partial charge in [0.25, 0.3) is 5.91 Å². The number of rotatable bonds is 5. The number of thioether (sulfide) groups is 1. The average molecular weight is 340 g/mol. The van der Waals surface area contributed by atoms with Crippen LogP contribution in [0.5, 0.6) is 5.75 Å². The Labute approximate surface area is 137 Å². The lowest BCUT2D eigenvalue weighted by Gasteiger charge is -2.21. The van der Waals surface area contributed by atoms with Crippen molar-refractivity contribution in [2.24, 2.45) is 0 Å². The molecule has 0 radical (unpaired) electrons. The third kappa shape index (κ3) is 3.13. The Morgan fingerprint density at radius 2 is 2.22 bits per heavy atom. The second kappa shape index (κ2) is 6.37. The van der Waals surface area contributed by atoms with Gasteiger partial charge < -0.3 is 15.2 Å². The van der Waals surface area contributed by atoms with Gasteiger partial charge >= 0.3 is 6.03 Å². The van der Waals surface area contributed by atoms with Crippen LogP contribution in [0.4, 0.5) is 9.18 Å². The first-order chi connectivity index (χ1) is 11.0. The first-order valence-electron chi connectivity index (χ1n) is 7.29. The van der Waals surface area contributed by atoms with Gasteiger partial charge in [-0.15, -0.1) is 0 Å². The molecule has 0 saturated carbocycles. The first-order valence-corrected chi connectivity index (χ1v) is 8.44. The van der Waals surface area contributed by atoms with Crippen molar-refractivity contribution in [1.82, 2.24) is 10.2 Å². The number of benzene rings is 1. The molecule has 0 aromatic heterocycles. The highest BCUT2D eigenvalue weighted by Crippen LogP contribution is 2.33. The molecular weight excluding hydrogens is 323 g/mol. The van der Waals surface area contributed by atoms with E-state index in [-0.39, 0.29) is 24.8 Å². The number of ether oxygens (including phenoxy) is 1. The molecule has 2 aliphatic heterocycles. The molecule has 2 heterocycles. The quantitative estimate of drug-likeness (QED) is 0.782. The molecule has 0 bridgehead atoms. The molecule has 2 aliphatic rings. The minimum atomic E-state index is -1.09. The maximum absolute atomic E-state index is 13.4. The number of hydrogen-bond acceptors (Lipinski definition) is 5. The van der Waals surface area contributed by atoms with Crippen LogP contribution in [0.25, 0.3) is 0 Å². The molecule has 1 spiro atoms. The summed E-state index contributed by atoms with van der Waals surface area (Å²) in [5.41, 5.74) is -0.826. The predicted octanol–water partition coefficient (Wildman–Crippen LogP) is 0.993. The summed E-state index contributed by atoms with van der Waals surface area (Å²) in [5, 5.41) is 12.7. The molecule has 0 aliphatic carbocycles. The highest BCUT2D eigenvalue weighted by atomic mass is 32.2. The second-order valence-corrected chi connectivity index (χ2v) is 6.73. The molecule has 1 aromatic rings. The number of halogens is 1. The largest absolute Gasteiger partial charge is 0.488 e. The minimum Gasteiger partial charge on any atom is -0.488 e. The minimum absolute atomic E-state index is 0.0208. The van der Waals surface area contributed by atoms with Crippen LogP contribution in [0.15, 0.2) is 24.3 Å². The van der Waals surface area contributed by atoms with E-state index < -0.39 is 23.5 Å². The number of aliphatic hydroxyl groups excluding tert-OH is 1. The van der Waals surface area contributed by atoms with Crippen LogP contribution in [0.2, 0.25) is 0 Å². The van der Waals surface area contributed by atoms with Gasteiger partial charge in [-0.25, -0.2) is 9.18 Å². The van der Waals surface area contributed by atoms with Gasteiger partial charge in [0.2, 0.25) is 0 Å². The van der Waals surface area contributed by atoms with Crippen LogP contribution < -0.4 is 10.1 Å². The van der Waals surface area contributed by atoms with Crippen molar-refractivity contribution in [3.8, 4) is 5.75 Å². The zero-order valence-electron chi connectivity index (χ0n) is 12.3. The normalized spacial score (nSPS) is 25.0. The lowest BCUT2D eigenvalue weighted by atomic mass is 9.99. The Bertz CT molecular complexity index is 621. The number of imide groups is 1. The van der Waals surface area contributed by atoms with Gasteiger partial charge in [0.05, 0.1) is 6.54 Å². The molecular formula is C15H17FN2O4S. The van der Waals surface area contributed by atoms with Crippen molar-refractivity contribution in [3.63, 3.8) is 0 Å². The Hall–Kier alpha value is -1.80. The van der Waals surface area contributed by atoms with E-state index in [1.165, 1.54) is 18.2 Å². The summed E-state index contributed by atoms with van der Waals surface area (Å²) in [5.74, 6) is 0.552. The highest BCUT2D eigenvalue weighted by Gasteiger charge is 2.53. The van der Waals surface area contributed by atoms with Gasteiger partial charge in [0.15, 0.2) is 11.6 Å². The van der Waals surface area contributed by atoms with Crippen molar-refractivity contribution in [2.45, 2.75) is 18.1 Å². The summed E-state index contributed by atoms with van der Waals surface area (Å²) in [6.45, 7) is -0.384. The SMILES string of the molecule is O=C1N[C@@]2(CCSC2)C(=O)N1C[C@@H](O)COc1ccccc1F. The van der Waals surface area contributed by atoms with Crippen LogP contribution in [0.1, 0.15) is 6.42 Å². The van der Waals surface area contributed by atoms with E-state index in [9.17, 15) is 19.1 Å². The van der Waals surface area contributed by atoms with Crippen LogP contribution in [-0.4, -0.2) is 58.2 Å². The van der Waals surface area contributed by atoms with E-state index >= 15 is 0 Å². The molecule has 2 fully saturated rings. The molecule has 1 aromatic carbocycles. The highest BCUT2D eigenvalue weighted by molar-refractivity contribution is 7.99. The van der Waals surface area contributed by atoms with Gasteiger partial charge in [-0.1, -0.05) is 12.1 Å². The van der Waals surface area contributed by atoms with Gasteiger partial charge in [0.1, 0.15) is 18.2 Å². The van der Waals surface area contributed by atoms with E-state index in [4.69, 9.17) is 4.74 Å². The summed E-state index contributed by atoms with van der Waals surface area (Å²) in [6, 6.07) is 5.35. The fraction of sp³-hybridized carbons (Fsp3) is 0.467. The van der Waals surface area contributed by atoms with Crippen molar-refractivity contribution in [3.05, 3.63) is 30.1 Å². The number of carbonyl (C=O) groups excluding carboxylic acids is 2. The second-order valence-electron chi connectivity index (χ2n) is 5.63. The number of hydrogen-bond donors (Lipinski definition) is 2. The first kappa shape index (κ1) is 16.1. The number of urea groups is 1. The fourth-order valence-corrected chi connectivity index (χ4v) is 4.01. The van der Waals surface area contributed by atoms with E-state index in [2.05, 4.69) is 5.32 Å². The summed E-state index contributed by atoms with van der Waals surface area (Å²) in [7, 11) is 0. The molecule has 124 valence electrons. The summed E-state index contributed by atoms with van der Waals surface area (Å²) in [6.07, 6.45) is -0.492. The number of carbonyl (C=O) groups is 2. The van der Waals surface area contributed by atoms with Crippen molar-refractivity contribution in [1.29, 1.82) is 0 Å². The Morgan fingerprint density at radius 3 is 2.91 bits per heavy atom. The molecule has 3 amide bonds. The average Bonchev–Trinajstić information content (AvgIpc) is 3.08. The molecule has 6 nitrogen and oxygen atoms in total. The van der Waals surface area contributed by atoms with E-state index in [0.29, 0.717) is 12.2 Å². The van der Waals surface area contributed by atoms with Gasteiger partial charge in [-0.3, -0.25) is 9.69 Å². The summed E-state index contributed by atoms with van der Waals surface area (Å²) >= 11 is 1.61. The van der Waals surface area contributed by atoms with Crippen molar-refractivity contribution in [2.75, 3.05) is 24.7 Å². The number of amides is 3. The molecule has 3 rings (SSSR count). The number of nitrogens with one attached hydrogen (secondary N) is 1. The molecule has 2 atom stereocenters. The smallest absolute Gasteiger partial charge is 0.325 e. The van der Waals surface area contributed by atoms with Gasteiger partial charge in [-0.2, -0.15) is 11.8 Å². The predicted molar refractivity (Wildman–Crippen MR) is 82.8 cm³/mol. The van der Waals surface area contributed by atoms with Crippen LogP contribution in [0.3, 0.4) is 0 Å². The van der Waals surface area contributed by atoms with Crippen LogP contribution in [-0.2, 0) is 4.79 Å². The number of β-amino-alcohol motifs (C(OH)–C–C–N with tert-alkyl or cyclic N) is 1. The number of nitrogens with zero attached hydrogens (tertiary/aromatic N) is 1. The molecule has 0 unspecified atom stereocenters. The summed E-state index contributed by atoms with van der Waals surface area (Å²) < 4.78 is 18.6. The zero-order valence-corrected chi connectivity index (χ0v) is 13.1. The van der Waals surface area contributed by atoms with E-state index in [1.807, 2.05) is 0 Å². The number of aliphatic hydroxyl groups is 1. The monoisotopic (exact) mass is 340 g/mol. The molecule has 8 heteroatoms. The number of para-hydroxylation sites is 1. The summed E-state index contributed by atoms with van der Waals surface area (Å²) in [4.78, 5) is 25.4. The topological polar surface area (TPSA) is 78.9 Å². The van der Waals surface area contributed by atoms with Crippen LogP contribution in [0, 0.1) is 5.82 Å². The van der Waals surface area contributed by atoms with E-state index in [1.54, 1.807) is 17.8 Å². The Morgan fingerprint density at radius 1 is 1.43 bits per heavy atom. The molecule has 2 saturated heterocycles. The third-order valence-corrected chi connectivity index (χ3v) is 5.12. The maximum atomic E-state index is 13.4. The van der Waals surface area contributed by atoms with Crippen molar-refractivity contribution >= 4 is 23.7 Å².